The van der Waals surface area contributed by atoms with E-state index in [-0.39, 0.29) is 6.07 Å². The molecule has 136 valence electrons. The van der Waals surface area contributed by atoms with E-state index >= 15 is 0 Å². The van der Waals surface area contributed by atoms with Gasteiger partial charge in [-0.15, -0.1) is 0 Å². The van der Waals surface area contributed by atoms with Crippen molar-refractivity contribution >= 4 is 26.2 Å². The van der Waals surface area contributed by atoms with Gasteiger partial charge in [0, 0.05) is 0 Å². The van der Waals surface area contributed by atoms with Gasteiger partial charge in [0.2, 0.25) is 0 Å². The molecule has 0 aromatic heterocycles. The molecule has 1 heterocycles. The molecule has 2 aromatic carbocycles. The molecule has 0 unspecified atom stereocenters. The van der Waals surface area contributed by atoms with Gasteiger partial charge < -0.3 is 0 Å². The van der Waals surface area contributed by atoms with E-state index < -0.39 is 55.2 Å². The minimum atomic E-state index is -4.94. The van der Waals surface area contributed by atoms with E-state index in [2.05, 4.69) is 9.85 Å². The van der Waals surface area contributed by atoms with Gasteiger partial charge in [0.15, 0.2) is 0 Å². The first kappa shape index (κ1) is 18.6. The fourth-order valence-electron chi connectivity index (χ4n) is 2.12. The Kier molecular flexibility index (Phi) is 4.64. The monoisotopic (exact) mass is 484 g/mol. The van der Waals surface area contributed by atoms with E-state index in [0.717, 1.165) is 0 Å². The number of fused-ring (bicyclic) bond motifs is 1. The Morgan fingerprint density at radius 1 is 0.885 bits per heavy atom. The predicted octanol–water partition coefficient (Wildman–Crippen LogP) is 5.49. The van der Waals surface area contributed by atoms with E-state index in [0.29, 0.717) is 21.3 Å². The molecule has 0 radical (unpaired) electrons. The van der Waals surface area contributed by atoms with Crippen LogP contribution in [0, 0.1) is 13.4 Å². The summed E-state index contributed by atoms with van der Waals surface area (Å²) in [5.41, 5.74) is -3.00. The molecular formula is C17H7F6IO2. The van der Waals surface area contributed by atoms with Crippen molar-refractivity contribution in [2.75, 3.05) is 0 Å². The van der Waals surface area contributed by atoms with Crippen LogP contribution in [0.3, 0.4) is 0 Å². The van der Waals surface area contributed by atoms with Crippen LogP contribution in [-0.4, -0.2) is 5.97 Å². The van der Waals surface area contributed by atoms with Gasteiger partial charge in [0.1, 0.15) is 0 Å². The molecule has 0 spiro atoms. The van der Waals surface area contributed by atoms with Gasteiger partial charge in [-0.2, -0.15) is 0 Å². The number of carbonyl (C=O) groups excluding carboxylic acids is 1. The van der Waals surface area contributed by atoms with Crippen LogP contribution in [0.1, 0.15) is 27.0 Å². The third-order valence-corrected chi connectivity index (χ3v) is 6.89. The van der Waals surface area contributed by atoms with Gasteiger partial charge in [-0.3, -0.25) is 0 Å². The zero-order valence-corrected chi connectivity index (χ0v) is 14.7. The Morgan fingerprint density at radius 2 is 1.46 bits per heavy atom. The first-order chi connectivity index (χ1) is 12.1. The second-order valence-corrected chi connectivity index (χ2v) is 8.67. The number of hydrogen-bond acceptors (Lipinski definition) is 2. The standard InChI is InChI=1S/C17H7F6IO2/c18-16(19,20)11-7-10(8-12(9-11)17(21,22)23)5-6-24-14-4-2-1-3-13(14)15(25)26-24/h1-4,7-9H. The molecule has 3 rings (SSSR count). The van der Waals surface area contributed by atoms with Crippen LogP contribution in [0.2, 0.25) is 0 Å². The van der Waals surface area contributed by atoms with Crippen LogP contribution in [0.15, 0.2) is 42.5 Å². The molecule has 0 amide bonds. The van der Waals surface area contributed by atoms with Crippen LogP contribution in [0.25, 0.3) is 0 Å². The van der Waals surface area contributed by atoms with Gasteiger partial charge in [0.05, 0.1) is 0 Å². The third kappa shape index (κ3) is 3.80. The number of alkyl halides is 6. The summed E-state index contributed by atoms with van der Waals surface area (Å²) in [6.07, 6.45) is -9.88. The Labute approximate surface area is 151 Å². The van der Waals surface area contributed by atoms with E-state index in [9.17, 15) is 31.1 Å². The zero-order chi connectivity index (χ0) is 19.1. The Morgan fingerprint density at radius 3 is 2.04 bits per heavy atom. The molecule has 0 atom stereocenters. The summed E-state index contributed by atoms with van der Waals surface area (Å²) >= 11 is -2.79. The molecule has 9 heteroatoms. The van der Waals surface area contributed by atoms with Gasteiger partial charge in [-0.25, -0.2) is 0 Å². The molecule has 0 fully saturated rings. The third-order valence-electron chi connectivity index (χ3n) is 3.29. The van der Waals surface area contributed by atoms with Crippen molar-refractivity contribution in [2.45, 2.75) is 12.4 Å². The van der Waals surface area contributed by atoms with E-state index in [1.54, 1.807) is 18.2 Å². The molecule has 1 aliphatic heterocycles. The van der Waals surface area contributed by atoms with Crippen molar-refractivity contribution in [3.63, 3.8) is 0 Å². The van der Waals surface area contributed by atoms with Gasteiger partial charge in [0.25, 0.3) is 0 Å². The average molecular weight is 484 g/mol. The maximum absolute atomic E-state index is 12.9. The van der Waals surface area contributed by atoms with Gasteiger partial charge >= 0.3 is 151 Å². The first-order valence-corrected chi connectivity index (χ1v) is 9.92. The van der Waals surface area contributed by atoms with Crippen molar-refractivity contribution in [3.05, 3.63) is 68.3 Å². The SMILES string of the molecule is O=C1OI(C#Cc2cc(C(F)(F)F)cc(C(F)(F)F)c2)c2ccccc21. The second-order valence-electron chi connectivity index (χ2n) is 5.11. The molecule has 1 aliphatic rings. The number of hydrogen-bond donors (Lipinski definition) is 0. The average Bonchev–Trinajstić information content (AvgIpc) is 2.88. The summed E-state index contributed by atoms with van der Waals surface area (Å²) in [4.78, 5) is 11.7. The van der Waals surface area contributed by atoms with Crippen molar-refractivity contribution in [1.82, 2.24) is 0 Å². The number of benzene rings is 2. The Balaban J connectivity index is 2.02. The second kappa shape index (κ2) is 6.50. The summed E-state index contributed by atoms with van der Waals surface area (Å²) in [6, 6.07) is 7.55. The van der Waals surface area contributed by atoms with Crippen molar-refractivity contribution in [2.24, 2.45) is 0 Å². The fourth-order valence-corrected chi connectivity index (χ4v) is 5.42. The van der Waals surface area contributed by atoms with Crippen LogP contribution < -0.4 is 0 Å². The summed E-state index contributed by atoms with van der Waals surface area (Å²) in [5, 5.41) is 0. The van der Waals surface area contributed by atoms with Crippen molar-refractivity contribution < 1.29 is 34.2 Å². The zero-order valence-electron chi connectivity index (χ0n) is 12.5. The van der Waals surface area contributed by atoms with Crippen LogP contribution >= 0.6 is 20.2 Å². The molecule has 2 aromatic rings. The van der Waals surface area contributed by atoms with Crippen LogP contribution in [0.5, 0.6) is 0 Å². The molecule has 0 aliphatic carbocycles. The Hall–Kier alpha value is -2.22. The quantitative estimate of drug-likeness (QED) is 0.281. The van der Waals surface area contributed by atoms with E-state index in [1.165, 1.54) is 6.07 Å². The summed E-state index contributed by atoms with van der Waals surface area (Å²) in [5.74, 6) is 1.73. The summed E-state index contributed by atoms with van der Waals surface area (Å²) in [7, 11) is 0. The van der Waals surface area contributed by atoms with Crippen molar-refractivity contribution in [3.8, 4) is 9.85 Å². The van der Waals surface area contributed by atoms with Crippen molar-refractivity contribution in [1.29, 1.82) is 0 Å². The minimum absolute atomic E-state index is 0.0367. The van der Waals surface area contributed by atoms with Crippen LogP contribution in [-0.2, 0) is 15.4 Å². The van der Waals surface area contributed by atoms with Gasteiger partial charge in [-0.1, -0.05) is 0 Å². The molecule has 0 saturated heterocycles. The Bertz CT molecular complexity index is 904. The molecule has 26 heavy (non-hydrogen) atoms. The molecule has 0 saturated carbocycles. The molecule has 2 nitrogen and oxygen atoms in total. The number of rotatable bonds is 0. The summed E-state index contributed by atoms with van der Waals surface area (Å²) in [6.45, 7) is 0. The normalized spacial score (nSPS) is 15.2. The molecule has 0 bridgehead atoms. The summed E-state index contributed by atoms with van der Waals surface area (Å²) < 4.78 is 85.4. The number of carbonyl (C=O) groups is 1. The van der Waals surface area contributed by atoms with E-state index in [4.69, 9.17) is 3.07 Å². The van der Waals surface area contributed by atoms with E-state index in [1.807, 2.05) is 0 Å². The first-order valence-electron chi connectivity index (χ1n) is 6.88. The maximum atomic E-state index is 12.9. The van der Waals surface area contributed by atoms with Crippen LogP contribution in [0.4, 0.5) is 26.3 Å². The predicted molar refractivity (Wildman–Crippen MR) is 87.9 cm³/mol. The molecular weight excluding hydrogens is 477 g/mol. The number of halogens is 7. The molecule has 0 N–H and O–H groups in total. The van der Waals surface area contributed by atoms with Gasteiger partial charge in [-0.05, 0) is 0 Å². The topological polar surface area (TPSA) is 26.3 Å². The fraction of sp³-hybridized carbons (Fsp3) is 0.118.